The monoisotopic (exact) mass is 364 g/mol. The molecular formula is C17H20N2O3S2. The molecule has 0 aromatic heterocycles. The molecule has 0 radical (unpaired) electrons. The Morgan fingerprint density at radius 1 is 1.29 bits per heavy atom. The van der Waals surface area contributed by atoms with Crippen LogP contribution < -0.4 is 4.90 Å². The Balaban J connectivity index is 2.29. The molecule has 1 aliphatic rings. The number of hydrogen-bond acceptors (Lipinski definition) is 5. The molecule has 1 aliphatic heterocycles. The summed E-state index contributed by atoms with van der Waals surface area (Å²) >= 11 is 6.38. The lowest BCUT2D eigenvalue weighted by Gasteiger charge is -2.26. The summed E-state index contributed by atoms with van der Waals surface area (Å²) in [6.45, 7) is 3.53. The second kappa shape index (κ2) is 7.36. The summed E-state index contributed by atoms with van der Waals surface area (Å²) in [5, 5.41) is 9.41. The smallest absolute Gasteiger partial charge is 0.327 e. The van der Waals surface area contributed by atoms with Crippen molar-refractivity contribution in [1.29, 1.82) is 0 Å². The Bertz CT molecular complexity index is 696. The van der Waals surface area contributed by atoms with Gasteiger partial charge in [-0.05, 0) is 29.7 Å². The van der Waals surface area contributed by atoms with E-state index in [0.717, 1.165) is 23.0 Å². The first-order valence-electron chi connectivity index (χ1n) is 7.49. The number of thiocarbonyl (C=S) groups is 1. The third-order valence-corrected chi connectivity index (χ3v) is 5.02. The van der Waals surface area contributed by atoms with Crippen LogP contribution in [0.15, 0.2) is 29.2 Å². The van der Waals surface area contributed by atoms with Gasteiger partial charge in [0, 0.05) is 19.8 Å². The number of carbonyl (C=O) groups is 2. The number of hydrogen-bond donors (Lipinski definition) is 1. The SMILES string of the molecule is CC(C)C(C(=O)O)N1C(=O)C(=Cc2ccc(N(C)C)cc2)SC1=S. The van der Waals surface area contributed by atoms with Crippen LogP contribution in [0.5, 0.6) is 0 Å². The highest BCUT2D eigenvalue weighted by Crippen LogP contribution is 2.35. The van der Waals surface area contributed by atoms with E-state index in [1.807, 2.05) is 43.3 Å². The molecule has 0 bridgehead atoms. The third kappa shape index (κ3) is 3.79. The van der Waals surface area contributed by atoms with Gasteiger partial charge in [0.1, 0.15) is 10.4 Å². The summed E-state index contributed by atoms with van der Waals surface area (Å²) in [5.74, 6) is -1.62. The number of aliphatic carboxylic acids is 1. The van der Waals surface area contributed by atoms with Crippen LogP contribution in [-0.4, -0.2) is 46.3 Å². The largest absolute Gasteiger partial charge is 0.480 e. The predicted molar refractivity (Wildman–Crippen MR) is 102 cm³/mol. The molecule has 0 saturated carbocycles. The molecule has 1 aromatic rings. The van der Waals surface area contributed by atoms with E-state index in [1.165, 1.54) is 4.90 Å². The number of amides is 1. The Morgan fingerprint density at radius 2 is 1.88 bits per heavy atom. The zero-order valence-electron chi connectivity index (χ0n) is 14.0. The van der Waals surface area contributed by atoms with Crippen molar-refractivity contribution in [3.63, 3.8) is 0 Å². The summed E-state index contributed by atoms with van der Waals surface area (Å²) in [4.78, 5) is 27.8. The average molecular weight is 364 g/mol. The Labute approximate surface area is 151 Å². The fourth-order valence-corrected chi connectivity index (χ4v) is 3.76. The Hall–Kier alpha value is -1.86. The van der Waals surface area contributed by atoms with E-state index in [0.29, 0.717) is 4.91 Å². The van der Waals surface area contributed by atoms with Crippen LogP contribution in [0.4, 0.5) is 5.69 Å². The van der Waals surface area contributed by atoms with E-state index in [4.69, 9.17) is 12.2 Å². The zero-order chi connectivity index (χ0) is 18.0. The molecular weight excluding hydrogens is 344 g/mol. The van der Waals surface area contributed by atoms with E-state index in [1.54, 1.807) is 19.9 Å². The van der Waals surface area contributed by atoms with Gasteiger partial charge >= 0.3 is 5.97 Å². The number of carbonyl (C=O) groups excluding carboxylic acids is 1. The quantitative estimate of drug-likeness (QED) is 0.640. The first-order chi connectivity index (χ1) is 11.2. The Morgan fingerprint density at radius 3 is 2.33 bits per heavy atom. The summed E-state index contributed by atoms with van der Waals surface area (Å²) < 4.78 is 0.289. The van der Waals surface area contributed by atoms with Crippen molar-refractivity contribution in [2.45, 2.75) is 19.9 Å². The summed E-state index contributed by atoms with van der Waals surface area (Å²) in [6, 6.07) is 6.80. The molecule has 1 fully saturated rings. The standard InChI is InChI=1S/C17H20N2O3S2/c1-10(2)14(16(21)22)19-15(20)13(24-17(19)23)9-11-5-7-12(8-6-11)18(3)4/h5-10,14H,1-4H3,(H,21,22). The van der Waals surface area contributed by atoms with E-state index in [-0.39, 0.29) is 16.1 Å². The van der Waals surface area contributed by atoms with Gasteiger partial charge in [-0.15, -0.1) is 0 Å². The van der Waals surface area contributed by atoms with Crippen molar-refractivity contribution in [2.24, 2.45) is 5.92 Å². The van der Waals surface area contributed by atoms with Crippen LogP contribution in [-0.2, 0) is 9.59 Å². The molecule has 1 amide bonds. The lowest BCUT2D eigenvalue weighted by molar-refractivity contribution is -0.146. The maximum absolute atomic E-state index is 12.6. The highest BCUT2D eigenvalue weighted by Gasteiger charge is 2.41. The van der Waals surface area contributed by atoms with Crippen LogP contribution in [0.2, 0.25) is 0 Å². The second-order valence-electron chi connectivity index (χ2n) is 6.06. The molecule has 5 nitrogen and oxygen atoms in total. The fraction of sp³-hybridized carbons (Fsp3) is 0.353. The van der Waals surface area contributed by atoms with Crippen molar-refractivity contribution in [1.82, 2.24) is 4.90 Å². The normalized spacial score (nSPS) is 17.7. The van der Waals surface area contributed by atoms with Gasteiger partial charge < -0.3 is 10.0 Å². The summed E-state index contributed by atoms with van der Waals surface area (Å²) in [6.07, 6.45) is 1.75. The minimum Gasteiger partial charge on any atom is -0.480 e. The summed E-state index contributed by atoms with van der Waals surface area (Å²) in [5.41, 5.74) is 1.93. The van der Waals surface area contributed by atoms with E-state index >= 15 is 0 Å². The molecule has 7 heteroatoms. The van der Waals surface area contributed by atoms with Gasteiger partial charge in [0.2, 0.25) is 0 Å². The average Bonchev–Trinajstić information content (AvgIpc) is 2.75. The number of nitrogens with zero attached hydrogens (tertiary/aromatic N) is 2. The molecule has 0 spiro atoms. The van der Waals surface area contributed by atoms with E-state index < -0.39 is 12.0 Å². The van der Waals surface area contributed by atoms with Crippen molar-refractivity contribution in [3.05, 3.63) is 34.7 Å². The highest BCUT2D eigenvalue weighted by atomic mass is 32.2. The van der Waals surface area contributed by atoms with E-state index in [2.05, 4.69) is 0 Å². The van der Waals surface area contributed by atoms with Gasteiger partial charge in [-0.1, -0.05) is 50.0 Å². The molecule has 1 saturated heterocycles. The highest BCUT2D eigenvalue weighted by molar-refractivity contribution is 8.26. The maximum atomic E-state index is 12.6. The predicted octanol–water partition coefficient (Wildman–Crippen LogP) is 3.06. The third-order valence-electron chi connectivity index (χ3n) is 3.69. The minimum atomic E-state index is -1.04. The molecule has 128 valence electrons. The molecule has 2 rings (SSSR count). The van der Waals surface area contributed by atoms with Crippen LogP contribution in [0, 0.1) is 5.92 Å². The van der Waals surface area contributed by atoms with Crippen LogP contribution in [0.25, 0.3) is 6.08 Å². The molecule has 1 unspecified atom stereocenters. The van der Waals surface area contributed by atoms with Crippen molar-refractivity contribution < 1.29 is 14.7 Å². The van der Waals surface area contributed by atoms with Crippen LogP contribution in [0.1, 0.15) is 19.4 Å². The lowest BCUT2D eigenvalue weighted by atomic mass is 10.0. The maximum Gasteiger partial charge on any atom is 0.327 e. The van der Waals surface area contributed by atoms with Gasteiger partial charge in [-0.3, -0.25) is 9.69 Å². The van der Waals surface area contributed by atoms with Gasteiger partial charge in [0.15, 0.2) is 0 Å². The number of anilines is 1. The van der Waals surface area contributed by atoms with Gasteiger partial charge in [0.05, 0.1) is 4.91 Å². The zero-order valence-corrected chi connectivity index (χ0v) is 15.6. The van der Waals surface area contributed by atoms with Crippen LogP contribution in [0.3, 0.4) is 0 Å². The van der Waals surface area contributed by atoms with Gasteiger partial charge in [-0.25, -0.2) is 4.79 Å². The minimum absolute atomic E-state index is 0.233. The molecule has 1 aromatic carbocycles. The first-order valence-corrected chi connectivity index (χ1v) is 8.72. The topological polar surface area (TPSA) is 60.9 Å². The number of benzene rings is 1. The van der Waals surface area contributed by atoms with Crippen LogP contribution >= 0.6 is 24.0 Å². The van der Waals surface area contributed by atoms with E-state index in [9.17, 15) is 14.7 Å². The molecule has 24 heavy (non-hydrogen) atoms. The molecule has 0 aliphatic carbocycles. The van der Waals surface area contributed by atoms with Crippen molar-refractivity contribution in [3.8, 4) is 0 Å². The van der Waals surface area contributed by atoms with Gasteiger partial charge in [-0.2, -0.15) is 0 Å². The number of rotatable bonds is 5. The molecule has 1 N–H and O–H groups in total. The van der Waals surface area contributed by atoms with Crippen molar-refractivity contribution >= 4 is 51.9 Å². The lowest BCUT2D eigenvalue weighted by Crippen LogP contribution is -2.47. The molecule has 1 atom stereocenters. The number of thioether (sulfide) groups is 1. The second-order valence-corrected chi connectivity index (χ2v) is 7.74. The number of carboxylic acid groups (broad SMARTS) is 1. The molecule has 1 heterocycles. The summed E-state index contributed by atoms with van der Waals surface area (Å²) in [7, 11) is 3.91. The van der Waals surface area contributed by atoms with Gasteiger partial charge in [0.25, 0.3) is 5.91 Å². The Kier molecular flexibility index (Phi) is 5.66. The first kappa shape index (κ1) is 18.5. The fourth-order valence-electron chi connectivity index (χ4n) is 2.43. The van der Waals surface area contributed by atoms with Crippen molar-refractivity contribution in [2.75, 3.05) is 19.0 Å². The number of carboxylic acids is 1.